The summed E-state index contributed by atoms with van der Waals surface area (Å²) in [5.74, 6) is -1.24. The Labute approximate surface area is 206 Å². The Morgan fingerprint density at radius 3 is 2.08 bits per heavy atom. The van der Waals surface area contributed by atoms with Gasteiger partial charge in [0.15, 0.2) is 17.3 Å². The Kier molecular flexibility index (Phi) is 4.18. The first-order valence-corrected chi connectivity index (χ1v) is 11.8. The molecule has 0 aromatic heterocycles. The quantitative estimate of drug-likeness (QED) is 0.227. The molecule has 0 saturated carbocycles. The average molecular weight is 466 g/mol. The molecule has 0 radical (unpaired) electrons. The highest BCUT2D eigenvalue weighted by Crippen LogP contribution is 2.40. The summed E-state index contributed by atoms with van der Waals surface area (Å²) in [6, 6.07) is 26.4. The second-order valence-electron chi connectivity index (χ2n) is 9.35. The van der Waals surface area contributed by atoms with Gasteiger partial charge in [-0.25, -0.2) is 0 Å². The summed E-state index contributed by atoms with van der Waals surface area (Å²) in [5, 5.41) is 4.06. The van der Waals surface area contributed by atoms with Gasteiger partial charge in [0.25, 0.3) is 0 Å². The Hall–Kier alpha value is -4.83. The molecule has 5 aromatic carbocycles. The van der Waals surface area contributed by atoms with Gasteiger partial charge in [-0.15, -0.1) is 0 Å². The summed E-state index contributed by atoms with van der Waals surface area (Å²) in [7, 11) is 0. The summed E-state index contributed by atoms with van der Waals surface area (Å²) in [5.41, 5.74) is 9.98. The van der Waals surface area contributed by atoms with Crippen molar-refractivity contribution < 1.29 is 14.4 Å². The number of nitrogen functional groups attached to an aromatic ring is 1. The van der Waals surface area contributed by atoms with Gasteiger partial charge in [-0.1, -0.05) is 78.9 Å². The third-order valence-electron chi connectivity index (χ3n) is 7.42. The van der Waals surface area contributed by atoms with E-state index in [1.54, 1.807) is 36.4 Å². The minimum absolute atomic E-state index is 0.0741. The fraction of sp³-hybridized carbons (Fsp3) is 0.0312. The van der Waals surface area contributed by atoms with Crippen LogP contribution in [-0.2, 0) is 0 Å². The van der Waals surface area contributed by atoms with Crippen LogP contribution in [0.2, 0.25) is 0 Å². The van der Waals surface area contributed by atoms with E-state index in [0.29, 0.717) is 22.3 Å². The van der Waals surface area contributed by atoms with E-state index in [1.807, 2.05) is 42.5 Å². The molecule has 1 atom stereocenters. The van der Waals surface area contributed by atoms with Crippen molar-refractivity contribution >= 4 is 50.7 Å². The summed E-state index contributed by atoms with van der Waals surface area (Å²) in [6.07, 6.45) is 3.77. The molecule has 0 fully saturated rings. The van der Waals surface area contributed by atoms with Crippen molar-refractivity contribution in [2.45, 2.75) is 5.92 Å². The van der Waals surface area contributed by atoms with Gasteiger partial charge in [-0.3, -0.25) is 14.4 Å². The lowest BCUT2D eigenvalue weighted by molar-refractivity contribution is 0.0973. The van der Waals surface area contributed by atoms with E-state index in [-0.39, 0.29) is 34.2 Å². The molecule has 0 amide bonds. The van der Waals surface area contributed by atoms with Crippen LogP contribution in [0.3, 0.4) is 0 Å². The minimum Gasteiger partial charge on any atom is -0.398 e. The zero-order valence-electron chi connectivity index (χ0n) is 19.1. The molecule has 0 bridgehead atoms. The van der Waals surface area contributed by atoms with Crippen LogP contribution in [0.5, 0.6) is 0 Å². The van der Waals surface area contributed by atoms with Crippen LogP contribution in [0, 0.1) is 0 Å². The van der Waals surface area contributed by atoms with Gasteiger partial charge in [0, 0.05) is 27.9 Å². The van der Waals surface area contributed by atoms with Crippen LogP contribution in [0.15, 0.2) is 91.0 Å². The van der Waals surface area contributed by atoms with Crippen LogP contribution < -0.4 is 5.73 Å². The fourth-order valence-electron chi connectivity index (χ4n) is 5.63. The summed E-state index contributed by atoms with van der Waals surface area (Å²) >= 11 is 0. The smallest absolute Gasteiger partial charge is 0.196 e. The van der Waals surface area contributed by atoms with Crippen molar-refractivity contribution in [2.75, 3.05) is 5.73 Å². The molecule has 7 rings (SSSR count). The standard InChI is InChI=1S/C32H19NO3/c33-29-21(13-14-25-28(29)32(36)23-8-4-3-7-22(23)30(25)34)24-12-11-17-9-10-20-15-18-5-1-2-6-19(18)16-26(20)27(17)31(24)35/h1-16,24H,33H2. The normalized spacial score (nSPS) is 16.2. The van der Waals surface area contributed by atoms with Crippen LogP contribution >= 0.6 is 0 Å². The minimum atomic E-state index is -0.653. The molecule has 1 unspecified atom stereocenters. The highest BCUT2D eigenvalue weighted by Gasteiger charge is 2.35. The first-order chi connectivity index (χ1) is 17.5. The summed E-state index contributed by atoms with van der Waals surface area (Å²) in [6.45, 7) is 0. The lowest BCUT2D eigenvalue weighted by Crippen LogP contribution is -2.24. The highest BCUT2D eigenvalue weighted by atomic mass is 16.1. The molecule has 2 aliphatic rings. The van der Waals surface area contributed by atoms with Crippen LogP contribution in [0.1, 0.15) is 59.2 Å². The number of Topliss-reactive ketones (excluding diaryl/α,β-unsaturated/α-hetero) is 1. The predicted molar refractivity (Wildman–Crippen MR) is 142 cm³/mol. The number of nitrogens with two attached hydrogens (primary N) is 1. The molecule has 0 spiro atoms. The first-order valence-electron chi connectivity index (χ1n) is 11.8. The maximum Gasteiger partial charge on any atom is 0.196 e. The van der Waals surface area contributed by atoms with Gasteiger partial charge in [-0.2, -0.15) is 0 Å². The number of fused-ring (bicyclic) bond motifs is 6. The molecule has 0 saturated heterocycles. The maximum atomic E-state index is 14.0. The molecule has 4 nitrogen and oxygen atoms in total. The third kappa shape index (κ3) is 2.72. The van der Waals surface area contributed by atoms with Crippen molar-refractivity contribution in [2.24, 2.45) is 0 Å². The van der Waals surface area contributed by atoms with E-state index in [0.717, 1.165) is 27.1 Å². The Balaban J connectivity index is 1.39. The van der Waals surface area contributed by atoms with Gasteiger partial charge in [0.05, 0.1) is 11.5 Å². The lowest BCUT2D eigenvalue weighted by atomic mass is 9.77. The largest absolute Gasteiger partial charge is 0.398 e. The molecule has 0 heterocycles. The van der Waals surface area contributed by atoms with E-state index < -0.39 is 5.92 Å². The average Bonchev–Trinajstić information content (AvgIpc) is 2.91. The van der Waals surface area contributed by atoms with Crippen molar-refractivity contribution in [1.82, 2.24) is 0 Å². The van der Waals surface area contributed by atoms with Gasteiger partial charge < -0.3 is 5.73 Å². The zero-order valence-corrected chi connectivity index (χ0v) is 19.1. The predicted octanol–water partition coefficient (Wildman–Crippen LogP) is 6.34. The van der Waals surface area contributed by atoms with E-state index in [1.165, 1.54) is 0 Å². The lowest BCUT2D eigenvalue weighted by Gasteiger charge is -2.25. The van der Waals surface area contributed by atoms with E-state index in [4.69, 9.17) is 5.73 Å². The SMILES string of the molecule is Nc1c(C2C=Cc3ccc4cc5ccccc5cc4c3C2=O)ccc2c1C(=O)c1ccccc1C2=O. The van der Waals surface area contributed by atoms with Gasteiger partial charge in [-0.05, 0) is 50.9 Å². The van der Waals surface area contributed by atoms with E-state index in [9.17, 15) is 14.4 Å². The number of hydrogen-bond acceptors (Lipinski definition) is 4. The summed E-state index contributed by atoms with van der Waals surface area (Å²) < 4.78 is 0. The first kappa shape index (κ1) is 20.5. The van der Waals surface area contributed by atoms with Crippen molar-refractivity contribution in [3.05, 3.63) is 130 Å². The Morgan fingerprint density at radius 2 is 1.31 bits per heavy atom. The van der Waals surface area contributed by atoms with E-state index >= 15 is 0 Å². The number of carbonyl (C=O) groups excluding carboxylic acids is 3. The molecule has 2 aliphatic carbocycles. The second-order valence-corrected chi connectivity index (χ2v) is 9.35. The van der Waals surface area contributed by atoms with Gasteiger partial charge in [0.2, 0.25) is 0 Å². The number of carbonyl (C=O) groups is 3. The summed E-state index contributed by atoms with van der Waals surface area (Å²) in [4.78, 5) is 40.4. The molecule has 36 heavy (non-hydrogen) atoms. The number of allylic oxidation sites excluding steroid dienone is 1. The Bertz CT molecular complexity index is 1860. The molecule has 4 heteroatoms. The van der Waals surface area contributed by atoms with Crippen LogP contribution in [0.25, 0.3) is 27.6 Å². The van der Waals surface area contributed by atoms with Crippen LogP contribution in [-0.4, -0.2) is 17.3 Å². The molecule has 170 valence electrons. The fourth-order valence-corrected chi connectivity index (χ4v) is 5.63. The maximum absolute atomic E-state index is 14.0. The molecule has 5 aromatic rings. The number of anilines is 1. The highest BCUT2D eigenvalue weighted by molar-refractivity contribution is 6.30. The zero-order chi connectivity index (χ0) is 24.6. The molecular formula is C32H19NO3. The van der Waals surface area contributed by atoms with E-state index in [2.05, 4.69) is 18.2 Å². The van der Waals surface area contributed by atoms with Crippen molar-refractivity contribution in [3.8, 4) is 0 Å². The number of rotatable bonds is 1. The van der Waals surface area contributed by atoms with Gasteiger partial charge in [0.1, 0.15) is 0 Å². The third-order valence-corrected chi connectivity index (χ3v) is 7.42. The Morgan fingerprint density at radius 1 is 0.611 bits per heavy atom. The van der Waals surface area contributed by atoms with Crippen molar-refractivity contribution in [3.63, 3.8) is 0 Å². The van der Waals surface area contributed by atoms with Crippen molar-refractivity contribution in [1.29, 1.82) is 0 Å². The second kappa shape index (κ2) is 7.33. The number of hydrogen-bond donors (Lipinski definition) is 1. The monoisotopic (exact) mass is 465 g/mol. The number of benzene rings is 5. The molecule has 0 aliphatic heterocycles. The molecular weight excluding hydrogens is 446 g/mol. The number of ketones is 3. The topological polar surface area (TPSA) is 77.2 Å². The molecule has 2 N–H and O–H groups in total. The van der Waals surface area contributed by atoms with Gasteiger partial charge >= 0.3 is 0 Å². The van der Waals surface area contributed by atoms with Crippen LogP contribution in [0.4, 0.5) is 5.69 Å².